The van der Waals surface area contributed by atoms with E-state index >= 15 is 0 Å². The van der Waals surface area contributed by atoms with E-state index in [1.807, 2.05) is 19.9 Å². The van der Waals surface area contributed by atoms with Crippen molar-refractivity contribution < 1.29 is 9.53 Å². The molecule has 0 saturated heterocycles. The molecule has 10 heteroatoms. The summed E-state index contributed by atoms with van der Waals surface area (Å²) in [5, 5.41) is 9.35. The molecule has 9 nitrogen and oxygen atoms in total. The fourth-order valence-electron chi connectivity index (χ4n) is 3.23. The average molecular weight is 434 g/mol. The highest BCUT2D eigenvalue weighted by atomic mass is 35.5. The highest BCUT2D eigenvalue weighted by Crippen LogP contribution is 2.31. The molecule has 3 N–H and O–H groups in total. The zero-order valence-electron chi connectivity index (χ0n) is 18.0. The monoisotopic (exact) mass is 433 g/mol. The highest BCUT2D eigenvalue weighted by molar-refractivity contribution is 6.32. The summed E-state index contributed by atoms with van der Waals surface area (Å²) in [7, 11) is 5.29. The normalized spacial score (nSPS) is 14.1. The summed E-state index contributed by atoms with van der Waals surface area (Å²) < 4.78 is 5.47. The Morgan fingerprint density at radius 3 is 2.83 bits per heavy atom. The molecule has 0 unspecified atom stereocenters. The van der Waals surface area contributed by atoms with Crippen LogP contribution in [0.4, 0.5) is 17.5 Å². The number of nitrogens with zero attached hydrogens (tertiary/aromatic N) is 4. The molecule has 1 amide bonds. The molecule has 0 saturated carbocycles. The number of likely N-dealkylation sites (N-methyl/N-ethyl adjacent to an activating group) is 1. The molecule has 0 aliphatic carbocycles. The number of ether oxygens (including phenoxy) is 1. The summed E-state index contributed by atoms with van der Waals surface area (Å²) in [5.41, 5.74) is 2.25. The maximum Gasteiger partial charge on any atom is 0.237 e. The van der Waals surface area contributed by atoms with Crippen LogP contribution in [0.5, 0.6) is 5.88 Å². The van der Waals surface area contributed by atoms with E-state index in [0.29, 0.717) is 34.9 Å². The van der Waals surface area contributed by atoms with Crippen molar-refractivity contribution in [1.82, 2.24) is 25.2 Å². The number of nitrogens with one attached hydrogen (secondary N) is 3. The molecule has 3 heterocycles. The van der Waals surface area contributed by atoms with Crippen LogP contribution in [0.2, 0.25) is 5.02 Å². The van der Waals surface area contributed by atoms with E-state index in [1.54, 1.807) is 14.2 Å². The fourth-order valence-corrected chi connectivity index (χ4v) is 3.39. The molecular formula is C20H28ClN7O2. The van der Waals surface area contributed by atoms with Gasteiger partial charge in [0.15, 0.2) is 5.82 Å². The van der Waals surface area contributed by atoms with Crippen molar-refractivity contribution in [2.24, 2.45) is 5.41 Å². The standard InChI is InChI=1S/C20H28ClN7O2/c1-20(2,18(29)22-3)11-24-16-13(21)9-23-19(27-16)26-15-8-12-10-28(4)7-6-14(12)25-17(15)30-5/h8-9H,6-7,10-11H2,1-5H3,(H,22,29)(H2,23,24,26,27). The Balaban J connectivity index is 1.81. The first-order chi connectivity index (χ1) is 14.2. The van der Waals surface area contributed by atoms with Gasteiger partial charge >= 0.3 is 0 Å². The molecule has 1 aliphatic heterocycles. The van der Waals surface area contributed by atoms with Crippen LogP contribution in [0.1, 0.15) is 25.1 Å². The first-order valence-corrected chi connectivity index (χ1v) is 10.1. The summed E-state index contributed by atoms with van der Waals surface area (Å²) in [5.74, 6) is 1.21. The molecule has 30 heavy (non-hydrogen) atoms. The number of hydrogen-bond acceptors (Lipinski definition) is 8. The Morgan fingerprint density at radius 2 is 2.13 bits per heavy atom. The second-order valence-corrected chi connectivity index (χ2v) is 8.38. The molecule has 2 aromatic heterocycles. The maximum atomic E-state index is 12.0. The van der Waals surface area contributed by atoms with Gasteiger partial charge < -0.3 is 25.6 Å². The van der Waals surface area contributed by atoms with E-state index in [4.69, 9.17) is 16.3 Å². The largest absolute Gasteiger partial charge is 0.480 e. The van der Waals surface area contributed by atoms with Gasteiger partial charge in [0.2, 0.25) is 17.7 Å². The maximum absolute atomic E-state index is 12.0. The summed E-state index contributed by atoms with van der Waals surface area (Å²) in [6.45, 7) is 5.84. The van der Waals surface area contributed by atoms with Gasteiger partial charge in [-0.1, -0.05) is 11.6 Å². The molecule has 0 spiro atoms. The summed E-state index contributed by atoms with van der Waals surface area (Å²) in [4.78, 5) is 27.6. The number of pyridine rings is 1. The zero-order valence-corrected chi connectivity index (χ0v) is 18.7. The summed E-state index contributed by atoms with van der Waals surface area (Å²) in [6.07, 6.45) is 2.40. The van der Waals surface area contributed by atoms with E-state index < -0.39 is 5.41 Å². The lowest BCUT2D eigenvalue weighted by atomic mass is 9.92. The minimum atomic E-state index is -0.631. The van der Waals surface area contributed by atoms with Gasteiger partial charge in [0.1, 0.15) is 10.7 Å². The van der Waals surface area contributed by atoms with Crippen LogP contribution in [0.3, 0.4) is 0 Å². The minimum absolute atomic E-state index is 0.0756. The molecule has 0 fully saturated rings. The van der Waals surface area contributed by atoms with Gasteiger partial charge in [0.25, 0.3) is 0 Å². The molecule has 0 bridgehead atoms. The molecule has 0 atom stereocenters. The Hall–Kier alpha value is -2.65. The Morgan fingerprint density at radius 1 is 1.37 bits per heavy atom. The second kappa shape index (κ2) is 9.01. The predicted octanol–water partition coefficient (Wildman–Crippen LogP) is 2.45. The molecule has 1 aliphatic rings. The van der Waals surface area contributed by atoms with Gasteiger partial charge in [-0.25, -0.2) is 9.97 Å². The van der Waals surface area contributed by atoms with Crippen LogP contribution in [-0.2, 0) is 17.8 Å². The van der Waals surface area contributed by atoms with E-state index in [0.717, 1.165) is 30.8 Å². The first kappa shape index (κ1) is 22.0. The van der Waals surface area contributed by atoms with E-state index in [2.05, 4.69) is 42.8 Å². The molecule has 3 rings (SSSR count). The van der Waals surface area contributed by atoms with Crippen molar-refractivity contribution in [3.8, 4) is 5.88 Å². The average Bonchev–Trinajstić information content (AvgIpc) is 2.72. The van der Waals surface area contributed by atoms with Crippen molar-refractivity contribution in [1.29, 1.82) is 0 Å². The number of amides is 1. The topological polar surface area (TPSA) is 104 Å². The van der Waals surface area contributed by atoms with Crippen LogP contribution >= 0.6 is 11.6 Å². The van der Waals surface area contributed by atoms with E-state index in [-0.39, 0.29) is 5.91 Å². The molecule has 0 aromatic carbocycles. The third kappa shape index (κ3) is 4.91. The Labute approximate surface area is 181 Å². The number of carbonyl (C=O) groups excluding carboxylic acids is 1. The fraction of sp³-hybridized carbons (Fsp3) is 0.500. The Bertz CT molecular complexity index is 936. The van der Waals surface area contributed by atoms with Crippen molar-refractivity contribution in [3.63, 3.8) is 0 Å². The third-order valence-electron chi connectivity index (χ3n) is 5.05. The van der Waals surface area contributed by atoms with Crippen molar-refractivity contribution in [2.75, 3.05) is 44.9 Å². The SMILES string of the molecule is CNC(=O)C(C)(C)CNc1nc(Nc2cc3c(nc2OC)CCN(C)C3)ncc1Cl. The van der Waals surface area contributed by atoms with Crippen molar-refractivity contribution in [2.45, 2.75) is 26.8 Å². The van der Waals surface area contributed by atoms with Crippen LogP contribution < -0.4 is 20.7 Å². The summed E-state index contributed by atoms with van der Waals surface area (Å²) in [6, 6.07) is 2.02. The van der Waals surface area contributed by atoms with Gasteiger partial charge in [0.05, 0.1) is 24.4 Å². The van der Waals surface area contributed by atoms with Crippen LogP contribution in [0.15, 0.2) is 12.3 Å². The molecule has 0 radical (unpaired) electrons. The van der Waals surface area contributed by atoms with Crippen LogP contribution in [0, 0.1) is 5.41 Å². The Kier molecular flexibility index (Phi) is 6.62. The van der Waals surface area contributed by atoms with Gasteiger partial charge in [-0.05, 0) is 32.5 Å². The quantitative estimate of drug-likeness (QED) is 0.611. The second-order valence-electron chi connectivity index (χ2n) is 7.97. The van der Waals surface area contributed by atoms with Gasteiger partial charge in [0, 0.05) is 33.1 Å². The number of anilines is 3. The molecular weight excluding hydrogens is 406 g/mol. The number of fused-ring (bicyclic) bond motifs is 1. The highest BCUT2D eigenvalue weighted by Gasteiger charge is 2.27. The van der Waals surface area contributed by atoms with Gasteiger partial charge in [-0.3, -0.25) is 4.79 Å². The number of rotatable bonds is 7. The predicted molar refractivity (Wildman–Crippen MR) is 117 cm³/mol. The van der Waals surface area contributed by atoms with Crippen molar-refractivity contribution >= 4 is 35.0 Å². The van der Waals surface area contributed by atoms with Gasteiger partial charge in [-0.15, -0.1) is 0 Å². The third-order valence-corrected chi connectivity index (χ3v) is 5.33. The van der Waals surface area contributed by atoms with Crippen LogP contribution in [0.25, 0.3) is 0 Å². The van der Waals surface area contributed by atoms with E-state index in [1.165, 1.54) is 6.20 Å². The number of halogens is 1. The molecule has 162 valence electrons. The number of hydrogen-bond donors (Lipinski definition) is 3. The first-order valence-electron chi connectivity index (χ1n) is 9.74. The lowest BCUT2D eigenvalue weighted by molar-refractivity contribution is -0.128. The van der Waals surface area contributed by atoms with Gasteiger partial charge in [-0.2, -0.15) is 4.98 Å². The van der Waals surface area contributed by atoms with Crippen LogP contribution in [-0.4, -0.2) is 60.1 Å². The smallest absolute Gasteiger partial charge is 0.237 e. The minimum Gasteiger partial charge on any atom is -0.480 e. The number of carbonyl (C=O) groups is 1. The number of aromatic nitrogens is 3. The van der Waals surface area contributed by atoms with E-state index in [9.17, 15) is 4.79 Å². The summed E-state index contributed by atoms with van der Waals surface area (Å²) >= 11 is 6.25. The number of methoxy groups -OCH3 is 1. The lowest BCUT2D eigenvalue weighted by Gasteiger charge is -2.25. The lowest BCUT2D eigenvalue weighted by Crippen LogP contribution is -2.39. The molecule has 2 aromatic rings. The van der Waals surface area contributed by atoms with Crippen molar-refractivity contribution in [3.05, 3.63) is 28.5 Å². The zero-order chi connectivity index (χ0) is 21.9.